The van der Waals surface area contributed by atoms with Gasteiger partial charge >= 0.3 is 5.97 Å². The molecule has 3 N–H and O–H groups in total. The van der Waals surface area contributed by atoms with Crippen molar-refractivity contribution in [3.63, 3.8) is 0 Å². The molecule has 1 amide bonds. The SMILES string of the molecule is C=CCOc1cc(C(=O)OCC)ccc1NC(=O)CCN. The molecule has 0 aliphatic carbocycles. The minimum atomic E-state index is -0.444. The van der Waals surface area contributed by atoms with E-state index in [2.05, 4.69) is 11.9 Å². The van der Waals surface area contributed by atoms with E-state index in [0.29, 0.717) is 17.0 Å². The van der Waals surface area contributed by atoms with Gasteiger partial charge in [0.2, 0.25) is 5.91 Å². The molecule has 1 aromatic rings. The summed E-state index contributed by atoms with van der Waals surface area (Å²) in [5.41, 5.74) is 6.16. The first-order valence-electron chi connectivity index (χ1n) is 6.67. The van der Waals surface area contributed by atoms with Gasteiger partial charge in [-0.05, 0) is 25.1 Å². The van der Waals surface area contributed by atoms with Crippen LogP contribution < -0.4 is 15.8 Å². The highest BCUT2D eigenvalue weighted by Crippen LogP contribution is 2.26. The third-order valence-electron chi connectivity index (χ3n) is 2.49. The van der Waals surface area contributed by atoms with Crippen LogP contribution in [0.3, 0.4) is 0 Å². The molecule has 0 saturated heterocycles. The van der Waals surface area contributed by atoms with Crippen molar-refractivity contribution in [1.29, 1.82) is 0 Å². The molecule has 0 unspecified atom stereocenters. The summed E-state index contributed by atoms with van der Waals surface area (Å²) in [6, 6.07) is 4.69. The summed E-state index contributed by atoms with van der Waals surface area (Å²) in [6.07, 6.45) is 1.78. The second-order valence-corrected chi connectivity index (χ2v) is 4.12. The number of rotatable bonds is 8. The molecule has 6 nitrogen and oxygen atoms in total. The lowest BCUT2D eigenvalue weighted by Gasteiger charge is -2.13. The Morgan fingerprint density at radius 2 is 2.19 bits per heavy atom. The third kappa shape index (κ3) is 5.27. The van der Waals surface area contributed by atoms with Gasteiger partial charge in [0.15, 0.2) is 0 Å². The Labute approximate surface area is 123 Å². The molecular formula is C15H20N2O4. The minimum Gasteiger partial charge on any atom is -0.487 e. The molecule has 0 spiro atoms. The van der Waals surface area contributed by atoms with E-state index in [0.717, 1.165) is 0 Å². The van der Waals surface area contributed by atoms with Crippen molar-refractivity contribution >= 4 is 17.6 Å². The summed E-state index contributed by atoms with van der Waals surface area (Å²) in [4.78, 5) is 23.3. The number of carbonyl (C=O) groups excluding carboxylic acids is 2. The summed E-state index contributed by atoms with van der Waals surface area (Å²) >= 11 is 0. The fourth-order valence-corrected chi connectivity index (χ4v) is 1.58. The summed E-state index contributed by atoms with van der Waals surface area (Å²) < 4.78 is 10.4. The quantitative estimate of drug-likeness (QED) is 0.562. The summed E-state index contributed by atoms with van der Waals surface area (Å²) in [6.45, 7) is 6.10. The molecule has 0 atom stereocenters. The van der Waals surface area contributed by atoms with Crippen molar-refractivity contribution in [2.75, 3.05) is 25.1 Å². The van der Waals surface area contributed by atoms with Gasteiger partial charge in [-0.2, -0.15) is 0 Å². The Morgan fingerprint density at radius 3 is 2.81 bits per heavy atom. The maximum atomic E-state index is 11.7. The number of anilines is 1. The number of hydrogen-bond donors (Lipinski definition) is 2. The van der Waals surface area contributed by atoms with E-state index < -0.39 is 5.97 Å². The first kappa shape index (κ1) is 16.7. The molecule has 21 heavy (non-hydrogen) atoms. The number of esters is 1. The molecule has 0 bridgehead atoms. The van der Waals surface area contributed by atoms with Crippen LogP contribution in [0.25, 0.3) is 0 Å². The standard InChI is InChI=1S/C15H20N2O4/c1-3-9-21-13-10-11(15(19)20-4-2)5-6-12(13)17-14(18)7-8-16/h3,5-6,10H,1,4,7-9,16H2,2H3,(H,17,18). The fraction of sp³-hybridized carbons (Fsp3) is 0.333. The molecule has 0 fully saturated rings. The van der Waals surface area contributed by atoms with Crippen molar-refractivity contribution < 1.29 is 19.1 Å². The molecule has 1 rings (SSSR count). The predicted molar refractivity (Wildman–Crippen MR) is 80.4 cm³/mol. The van der Waals surface area contributed by atoms with Crippen LogP contribution in [0, 0.1) is 0 Å². The Bertz CT molecular complexity index is 514. The van der Waals surface area contributed by atoms with E-state index in [4.69, 9.17) is 15.2 Å². The summed E-state index contributed by atoms with van der Waals surface area (Å²) in [7, 11) is 0. The van der Waals surface area contributed by atoms with E-state index >= 15 is 0 Å². The predicted octanol–water partition coefficient (Wildman–Crippen LogP) is 1.72. The Morgan fingerprint density at radius 1 is 1.43 bits per heavy atom. The van der Waals surface area contributed by atoms with Crippen LogP contribution in [0.15, 0.2) is 30.9 Å². The van der Waals surface area contributed by atoms with Crippen LogP contribution in [0.2, 0.25) is 0 Å². The molecule has 1 aromatic carbocycles. The van der Waals surface area contributed by atoms with Crippen molar-refractivity contribution in [3.8, 4) is 5.75 Å². The van der Waals surface area contributed by atoms with E-state index in [1.54, 1.807) is 25.1 Å². The highest BCUT2D eigenvalue weighted by molar-refractivity contribution is 5.95. The monoisotopic (exact) mass is 292 g/mol. The number of hydrogen-bond acceptors (Lipinski definition) is 5. The maximum absolute atomic E-state index is 11.7. The number of nitrogens with two attached hydrogens (primary N) is 1. The van der Waals surface area contributed by atoms with Crippen LogP contribution >= 0.6 is 0 Å². The lowest BCUT2D eigenvalue weighted by molar-refractivity contribution is -0.116. The number of nitrogens with one attached hydrogen (secondary N) is 1. The Kier molecular flexibility index (Phi) is 6.97. The Hall–Kier alpha value is -2.34. The van der Waals surface area contributed by atoms with Crippen LogP contribution in [-0.4, -0.2) is 31.6 Å². The van der Waals surface area contributed by atoms with E-state index in [-0.39, 0.29) is 32.1 Å². The molecule has 114 valence electrons. The third-order valence-corrected chi connectivity index (χ3v) is 2.49. The first-order chi connectivity index (χ1) is 10.1. The second-order valence-electron chi connectivity index (χ2n) is 4.12. The molecule has 6 heteroatoms. The van der Waals surface area contributed by atoms with Crippen molar-refractivity contribution in [2.45, 2.75) is 13.3 Å². The fourth-order valence-electron chi connectivity index (χ4n) is 1.58. The molecule has 0 aliphatic heterocycles. The Balaban J connectivity index is 2.98. The number of carbonyl (C=O) groups is 2. The van der Waals surface area contributed by atoms with Crippen molar-refractivity contribution in [3.05, 3.63) is 36.4 Å². The average Bonchev–Trinajstić information content (AvgIpc) is 2.46. The second kappa shape index (κ2) is 8.76. The molecule has 0 saturated carbocycles. The number of ether oxygens (including phenoxy) is 2. The number of benzene rings is 1. The highest BCUT2D eigenvalue weighted by atomic mass is 16.5. The largest absolute Gasteiger partial charge is 0.487 e. The minimum absolute atomic E-state index is 0.209. The van der Waals surface area contributed by atoms with Gasteiger partial charge < -0.3 is 20.5 Å². The first-order valence-corrected chi connectivity index (χ1v) is 6.67. The van der Waals surface area contributed by atoms with Crippen LogP contribution in [0.5, 0.6) is 5.75 Å². The van der Waals surface area contributed by atoms with E-state index in [1.165, 1.54) is 6.07 Å². The van der Waals surface area contributed by atoms with Gasteiger partial charge in [-0.15, -0.1) is 0 Å². The molecule has 0 aliphatic rings. The lowest BCUT2D eigenvalue weighted by Crippen LogP contribution is -2.17. The van der Waals surface area contributed by atoms with Gasteiger partial charge in [0.1, 0.15) is 12.4 Å². The van der Waals surface area contributed by atoms with Crippen LogP contribution in [0.1, 0.15) is 23.7 Å². The lowest BCUT2D eigenvalue weighted by atomic mass is 10.2. The molecule has 0 aromatic heterocycles. The topological polar surface area (TPSA) is 90.6 Å². The molecule has 0 heterocycles. The molecule has 0 radical (unpaired) electrons. The van der Waals surface area contributed by atoms with Gasteiger partial charge in [-0.1, -0.05) is 12.7 Å². The van der Waals surface area contributed by atoms with Crippen LogP contribution in [0.4, 0.5) is 5.69 Å². The zero-order chi connectivity index (χ0) is 15.7. The van der Waals surface area contributed by atoms with Crippen molar-refractivity contribution in [1.82, 2.24) is 0 Å². The van der Waals surface area contributed by atoms with Gasteiger partial charge in [0, 0.05) is 13.0 Å². The summed E-state index contributed by atoms with van der Waals surface area (Å²) in [5, 5.41) is 2.69. The zero-order valence-electron chi connectivity index (χ0n) is 12.1. The average molecular weight is 292 g/mol. The van der Waals surface area contributed by atoms with E-state index in [1.807, 2.05) is 0 Å². The maximum Gasteiger partial charge on any atom is 0.338 e. The zero-order valence-corrected chi connectivity index (χ0v) is 12.1. The molecular weight excluding hydrogens is 272 g/mol. The van der Waals surface area contributed by atoms with Gasteiger partial charge in [0.05, 0.1) is 17.9 Å². The summed E-state index contributed by atoms with van der Waals surface area (Å²) in [5.74, 6) is -0.281. The van der Waals surface area contributed by atoms with Gasteiger partial charge in [-0.25, -0.2) is 4.79 Å². The number of amides is 1. The normalized spacial score (nSPS) is 9.81. The smallest absolute Gasteiger partial charge is 0.338 e. The van der Waals surface area contributed by atoms with Gasteiger partial charge in [-0.3, -0.25) is 4.79 Å². The van der Waals surface area contributed by atoms with Gasteiger partial charge in [0.25, 0.3) is 0 Å². The van der Waals surface area contributed by atoms with E-state index in [9.17, 15) is 9.59 Å². The van der Waals surface area contributed by atoms with Crippen molar-refractivity contribution in [2.24, 2.45) is 5.73 Å². The highest BCUT2D eigenvalue weighted by Gasteiger charge is 2.13. The van der Waals surface area contributed by atoms with Crippen LogP contribution in [-0.2, 0) is 9.53 Å².